The number of carbonyl (C=O) groups excluding carboxylic acids is 1. The second-order valence-corrected chi connectivity index (χ2v) is 4.80. The number of hydrogen-bond acceptors (Lipinski definition) is 6. The van der Waals surface area contributed by atoms with Gasteiger partial charge in [-0.3, -0.25) is 10.1 Å². The predicted octanol–water partition coefficient (Wildman–Crippen LogP) is 2.72. The van der Waals surface area contributed by atoms with Gasteiger partial charge in [0.2, 0.25) is 12.7 Å². The van der Waals surface area contributed by atoms with Crippen molar-refractivity contribution in [1.82, 2.24) is 10.2 Å². The Morgan fingerprint density at radius 1 is 1.00 bits per heavy atom. The number of carbonyl (C=O) groups is 1. The maximum atomic E-state index is 12.2. The van der Waals surface area contributed by atoms with Crippen molar-refractivity contribution in [1.29, 1.82) is 0 Å². The van der Waals surface area contributed by atoms with Gasteiger partial charge in [-0.1, -0.05) is 23.3 Å². The van der Waals surface area contributed by atoms with Gasteiger partial charge in [0.1, 0.15) is 0 Å². The highest BCUT2D eigenvalue weighted by Crippen LogP contribution is 2.32. The van der Waals surface area contributed by atoms with Crippen LogP contribution in [0.3, 0.4) is 0 Å². The molecule has 7 nitrogen and oxygen atoms in total. The van der Waals surface area contributed by atoms with Gasteiger partial charge in [-0.05, 0) is 30.3 Å². The normalized spacial score (nSPS) is 12.2. The van der Waals surface area contributed by atoms with Gasteiger partial charge in [-0.15, -0.1) is 5.10 Å². The van der Waals surface area contributed by atoms with E-state index in [1.165, 1.54) is 0 Å². The molecule has 0 saturated carbocycles. The smallest absolute Gasteiger partial charge is 0.322 e. The van der Waals surface area contributed by atoms with Gasteiger partial charge >= 0.3 is 6.01 Å². The summed E-state index contributed by atoms with van der Waals surface area (Å²) >= 11 is 0. The molecule has 2 aromatic carbocycles. The first-order valence-corrected chi connectivity index (χ1v) is 6.89. The minimum absolute atomic E-state index is 0.0338. The third-order valence-corrected chi connectivity index (χ3v) is 3.30. The summed E-state index contributed by atoms with van der Waals surface area (Å²) in [6.07, 6.45) is 0. The zero-order valence-electron chi connectivity index (χ0n) is 11.9. The van der Waals surface area contributed by atoms with Crippen LogP contribution < -0.4 is 14.8 Å². The lowest BCUT2D eigenvalue weighted by Crippen LogP contribution is -2.12. The third-order valence-electron chi connectivity index (χ3n) is 3.30. The lowest BCUT2D eigenvalue weighted by Gasteiger charge is -2.02. The highest BCUT2D eigenvalue weighted by atomic mass is 16.7. The molecular formula is C16H11N3O4. The number of benzene rings is 2. The van der Waals surface area contributed by atoms with Crippen LogP contribution in [-0.4, -0.2) is 22.9 Å². The average Bonchev–Trinajstić information content (AvgIpc) is 3.24. The van der Waals surface area contributed by atoms with Crippen molar-refractivity contribution >= 4 is 11.9 Å². The SMILES string of the molecule is O=C(Nc1nnc(-c2ccccc2)o1)c1ccc2c(c1)OCO2. The standard InChI is InChI=1S/C16H11N3O4/c20-14(11-6-7-12-13(8-11)22-9-21-12)17-16-19-18-15(23-16)10-4-2-1-3-5-10/h1-8H,9H2,(H,17,19,20). The zero-order valence-corrected chi connectivity index (χ0v) is 11.9. The summed E-state index contributed by atoms with van der Waals surface area (Å²) in [5.41, 5.74) is 1.19. The predicted molar refractivity (Wildman–Crippen MR) is 80.3 cm³/mol. The molecule has 0 fully saturated rings. The number of anilines is 1. The number of hydrogen-bond donors (Lipinski definition) is 1. The zero-order chi connectivity index (χ0) is 15.6. The molecule has 0 atom stereocenters. The summed E-state index contributed by atoms with van der Waals surface area (Å²) in [5, 5.41) is 10.3. The summed E-state index contributed by atoms with van der Waals surface area (Å²) < 4.78 is 15.9. The Morgan fingerprint density at radius 3 is 2.70 bits per heavy atom. The number of amides is 1. The molecule has 0 unspecified atom stereocenters. The summed E-state index contributed by atoms with van der Waals surface area (Å²) in [4.78, 5) is 12.2. The van der Waals surface area contributed by atoms with Crippen LogP contribution in [-0.2, 0) is 0 Å². The fourth-order valence-corrected chi connectivity index (χ4v) is 2.18. The van der Waals surface area contributed by atoms with Gasteiger partial charge in [-0.2, -0.15) is 0 Å². The second-order valence-electron chi connectivity index (χ2n) is 4.80. The highest BCUT2D eigenvalue weighted by Gasteiger charge is 2.18. The molecule has 2 heterocycles. The van der Waals surface area contributed by atoms with Gasteiger partial charge in [0.25, 0.3) is 5.91 Å². The quantitative estimate of drug-likeness (QED) is 0.800. The van der Waals surface area contributed by atoms with E-state index in [0.29, 0.717) is 23.0 Å². The van der Waals surface area contributed by atoms with E-state index >= 15 is 0 Å². The molecule has 3 aromatic rings. The van der Waals surface area contributed by atoms with Crippen molar-refractivity contribution in [3.05, 3.63) is 54.1 Å². The van der Waals surface area contributed by atoms with E-state index in [4.69, 9.17) is 13.9 Å². The number of nitrogens with one attached hydrogen (secondary N) is 1. The molecule has 1 aliphatic rings. The summed E-state index contributed by atoms with van der Waals surface area (Å²) in [6, 6.07) is 14.3. The first-order valence-electron chi connectivity index (χ1n) is 6.89. The molecule has 0 bridgehead atoms. The molecule has 23 heavy (non-hydrogen) atoms. The van der Waals surface area contributed by atoms with E-state index in [2.05, 4.69) is 15.5 Å². The van der Waals surface area contributed by atoms with Crippen LogP contribution in [0, 0.1) is 0 Å². The molecule has 1 N–H and O–H groups in total. The van der Waals surface area contributed by atoms with E-state index in [-0.39, 0.29) is 18.7 Å². The van der Waals surface area contributed by atoms with Gasteiger partial charge < -0.3 is 13.9 Å². The topological polar surface area (TPSA) is 86.5 Å². The Bertz CT molecular complexity index is 861. The Labute approximate surface area is 130 Å². The molecule has 7 heteroatoms. The van der Waals surface area contributed by atoms with E-state index < -0.39 is 0 Å². The number of nitrogens with zero attached hydrogens (tertiary/aromatic N) is 2. The molecule has 0 radical (unpaired) electrons. The van der Waals surface area contributed by atoms with E-state index in [1.807, 2.05) is 30.3 Å². The lowest BCUT2D eigenvalue weighted by molar-refractivity contribution is 0.102. The lowest BCUT2D eigenvalue weighted by atomic mass is 10.2. The highest BCUT2D eigenvalue weighted by molar-refractivity contribution is 6.03. The molecule has 0 spiro atoms. The summed E-state index contributed by atoms with van der Waals surface area (Å²) in [6.45, 7) is 0.157. The van der Waals surface area contributed by atoms with Crippen molar-refractivity contribution in [2.45, 2.75) is 0 Å². The van der Waals surface area contributed by atoms with Crippen LogP contribution in [0.15, 0.2) is 52.9 Å². The second kappa shape index (κ2) is 5.45. The minimum atomic E-state index is -0.369. The Morgan fingerprint density at radius 2 is 1.83 bits per heavy atom. The van der Waals surface area contributed by atoms with Crippen LogP contribution in [0.4, 0.5) is 6.01 Å². The molecular weight excluding hydrogens is 298 g/mol. The van der Waals surface area contributed by atoms with Crippen LogP contribution in [0.5, 0.6) is 11.5 Å². The van der Waals surface area contributed by atoms with Crippen LogP contribution >= 0.6 is 0 Å². The van der Waals surface area contributed by atoms with Gasteiger partial charge in [-0.25, -0.2) is 0 Å². The number of ether oxygens (including phenoxy) is 2. The fourth-order valence-electron chi connectivity index (χ4n) is 2.18. The molecule has 1 amide bonds. The molecule has 1 aromatic heterocycles. The summed E-state index contributed by atoms with van der Waals surface area (Å²) in [7, 11) is 0. The molecule has 1 aliphatic heterocycles. The maximum absolute atomic E-state index is 12.2. The van der Waals surface area contributed by atoms with Gasteiger partial charge in [0.15, 0.2) is 11.5 Å². The van der Waals surface area contributed by atoms with Crippen molar-refractivity contribution in [2.24, 2.45) is 0 Å². The summed E-state index contributed by atoms with van der Waals surface area (Å²) in [5.74, 6) is 1.12. The van der Waals surface area contributed by atoms with E-state index in [9.17, 15) is 4.79 Å². The monoisotopic (exact) mass is 309 g/mol. The van der Waals surface area contributed by atoms with E-state index in [1.54, 1.807) is 18.2 Å². The molecule has 0 saturated heterocycles. The number of fused-ring (bicyclic) bond motifs is 1. The van der Waals surface area contributed by atoms with Crippen molar-refractivity contribution in [2.75, 3.05) is 12.1 Å². The van der Waals surface area contributed by atoms with Crippen molar-refractivity contribution in [3.8, 4) is 23.0 Å². The molecule has 0 aliphatic carbocycles. The third kappa shape index (κ3) is 2.59. The Kier molecular flexibility index (Phi) is 3.16. The first kappa shape index (κ1) is 13.3. The van der Waals surface area contributed by atoms with Crippen LogP contribution in [0.1, 0.15) is 10.4 Å². The largest absolute Gasteiger partial charge is 0.454 e. The van der Waals surface area contributed by atoms with Crippen molar-refractivity contribution < 1.29 is 18.7 Å². The maximum Gasteiger partial charge on any atom is 0.322 e. The number of aromatic nitrogens is 2. The Balaban J connectivity index is 1.52. The Hall–Kier alpha value is -3.35. The van der Waals surface area contributed by atoms with Gasteiger partial charge in [0, 0.05) is 11.1 Å². The molecule has 4 rings (SSSR count). The fraction of sp³-hybridized carbons (Fsp3) is 0.0625. The molecule has 114 valence electrons. The minimum Gasteiger partial charge on any atom is -0.454 e. The van der Waals surface area contributed by atoms with Crippen LogP contribution in [0.25, 0.3) is 11.5 Å². The van der Waals surface area contributed by atoms with Crippen molar-refractivity contribution in [3.63, 3.8) is 0 Å². The van der Waals surface area contributed by atoms with Crippen LogP contribution in [0.2, 0.25) is 0 Å². The average molecular weight is 309 g/mol. The number of rotatable bonds is 3. The first-order chi connectivity index (χ1) is 11.3. The van der Waals surface area contributed by atoms with Gasteiger partial charge in [0.05, 0.1) is 0 Å². The van der Waals surface area contributed by atoms with E-state index in [0.717, 1.165) is 5.56 Å².